The Labute approximate surface area is 174 Å². The van der Waals surface area contributed by atoms with E-state index in [0.717, 1.165) is 21.8 Å². The molecule has 8 nitrogen and oxygen atoms in total. The number of rotatable bonds is 2. The van der Waals surface area contributed by atoms with Crippen LogP contribution in [0.25, 0.3) is 32.2 Å². The number of hydrogen-bond acceptors (Lipinski definition) is 4. The van der Waals surface area contributed by atoms with Crippen LogP contribution >= 0.6 is 0 Å². The number of aliphatic hydroxyl groups excluding tert-OH is 1. The first-order chi connectivity index (χ1) is 14.3. The molecule has 1 aliphatic heterocycles. The molecule has 3 atom stereocenters. The highest BCUT2D eigenvalue weighted by molar-refractivity contribution is 6.08. The Kier molecular flexibility index (Phi) is 5.05. The number of para-hydroxylation sites is 2. The average Bonchev–Trinajstić information content (AvgIpc) is 3.03. The lowest BCUT2D eigenvalue weighted by Gasteiger charge is -2.41. The lowest BCUT2D eigenvalue weighted by atomic mass is 9.97. The van der Waals surface area contributed by atoms with Crippen molar-refractivity contribution in [3.8, 4) is 0 Å². The third-order valence-corrected chi connectivity index (χ3v) is 5.40. The number of nitrogens with zero attached hydrogens (tertiary/aromatic N) is 5. The molecule has 2 aromatic carbocycles. The van der Waals surface area contributed by atoms with Crippen LogP contribution in [0.2, 0.25) is 0 Å². The lowest BCUT2D eigenvalue weighted by Crippen LogP contribution is -2.54. The highest BCUT2D eigenvalue weighted by Crippen LogP contribution is 2.36. The Bertz CT molecular complexity index is 1090. The quantitative estimate of drug-likeness (QED) is 0.380. The first-order valence-corrected chi connectivity index (χ1v) is 9.98. The van der Waals surface area contributed by atoms with Crippen molar-refractivity contribution in [2.24, 2.45) is 5.11 Å². The second-order valence-electron chi connectivity index (χ2n) is 8.62. The van der Waals surface area contributed by atoms with Gasteiger partial charge in [0.1, 0.15) is 5.60 Å². The number of carbonyl (C=O) groups is 1. The van der Waals surface area contributed by atoms with Crippen molar-refractivity contribution in [3.05, 3.63) is 59.0 Å². The smallest absolute Gasteiger partial charge is 0.410 e. The Morgan fingerprint density at radius 2 is 1.67 bits per heavy atom. The van der Waals surface area contributed by atoms with Gasteiger partial charge >= 0.3 is 6.09 Å². The van der Waals surface area contributed by atoms with E-state index in [1.54, 1.807) is 20.8 Å². The lowest BCUT2D eigenvalue weighted by molar-refractivity contribution is -0.0119. The molecule has 0 saturated carbocycles. The Morgan fingerprint density at radius 1 is 1.10 bits per heavy atom. The number of piperidine rings is 1. The molecule has 0 radical (unpaired) electrons. The molecule has 3 unspecified atom stereocenters. The fraction of sp³-hybridized carbons (Fsp3) is 0.409. The van der Waals surface area contributed by atoms with Gasteiger partial charge in [-0.05, 0) is 38.4 Å². The molecule has 30 heavy (non-hydrogen) atoms. The second-order valence-corrected chi connectivity index (χ2v) is 8.62. The standard InChI is InChI=1S/C22H25N5O3/c1-22(2,3)30-21(29)26-12-16(24-25-23)20(28)19(13-26)27-17-10-6-4-8-14(17)15-9-5-7-11-18(15)27/h4-11,16,19-20,28H,12-13H2,1-3H3. The maximum atomic E-state index is 12.8. The Balaban J connectivity index is 1.83. The monoisotopic (exact) mass is 407 g/mol. The summed E-state index contributed by atoms with van der Waals surface area (Å²) in [6.07, 6.45) is -1.43. The maximum absolute atomic E-state index is 12.8. The number of azide groups is 1. The molecule has 4 rings (SSSR count). The van der Waals surface area contributed by atoms with Crippen LogP contribution < -0.4 is 0 Å². The number of amides is 1. The van der Waals surface area contributed by atoms with Gasteiger partial charge in [-0.3, -0.25) is 0 Å². The van der Waals surface area contributed by atoms with Crippen LogP contribution in [-0.2, 0) is 4.74 Å². The fourth-order valence-electron chi connectivity index (χ4n) is 4.19. The Hall–Kier alpha value is -3.22. The van der Waals surface area contributed by atoms with E-state index in [9.17, 15) is 9.90 Å². The van der Waals surface area contributed by atoms with Crippen molar-refractivity contribution in [3.63, 3.8) is 0 Å². The van der Waals surface area contributed by atoms with Gasteiger partial charge in [0.2, 0.25) is 0 Å². The van der Waals surface area contributed by atoms with Crippen LogP contribution in [0.4, 0.5) is 4.79 Å². The van der Waals surface area contributed by atoms with E-state index in [-0.39, 0.29) is 13.1 Å². The zero-order chi connectivity index (χ0) is 21.5. The first-order valence-electron chi connectivity index (χ1n) is 9.98. The highest BCUT2D eigenvalue weighted by atomic mass is 16.6. The van der Waals surface area contributed by atoms with Gasteiger partial charge in [-0.1, -0.05) is 41.5 Å². The SMILES string of the molecule is CC(C)(C)OC(=O)N1CC(N=[N+]=[N-])C(O)C(n2c3ccccc3c3ccccc32)C1. The van der Waals surface area contributed by atoms with Gasteiger partial charge in [-0.25, -0.2) is 4.79 Å². The van der Waals surface area contributed by atoms with E-state index in [4.69, 9.17) is 10.3 Å². The zero-order valence-electron chi connectivity index (χ0n) is 17.3. The van der Waals surface area contributed by atoms with E-state index in [1.165, 1.54) is 4.90 Å². The molecule has 1 fully saturated rings. The van der Waals surface area contributed by atoms with Gasteiger partial charge in [-0.2, -0.15) is 0 Å². The van der Waals surface area contributed by atoms with Crippen molar-refractivity contribution < 1.29 is 14.6 Å². The minimum absolute atomic E-state index is 0.105. The van der Waals surface area contributed by atoms with Gasteiger partial charge in [0, 0.05) is 39.8 Å². The van der Waals surface area contributed by atoms with E-state index >= 15 is 0 Å². The van der Waals surface area contributed by atoms with Crippen LogP contribution in [0.5, 0.6) is 0 Å². The molecule has 3 aromatic rings. The molecule has 0 bridgehead atoms. The summed E-state index contributed by atoms with van der Waals surface area (Å²) in [6.45, 7) is 5.77. The average molecular weight is 407 g/mol. The van der Waals surface area contributed by atoms with E-state index in [2.05, 4.69) is 10.0 Å². The summed E-state index contributed by atoms with van der Waals surface area (Å²) in [7, 11) is 0. The molecule has 0 aliphatic carbocycles. The van der Waals surface area contributed by atoms with E-state index in [0.29, 0.717) is 0 Å². The molecule has 1 amide bonds. The van der Waals surface area contributed by atoms with Crippen LogP contribution in [0.1, 0.15) is 26.8 Å². The molecule has 156 valence electrons. The number of fused-ring (bicyclic) bond motifs is 3. The number of ether oxygens (including phenoxy) is 1. The van der Waals surface area contributed by atoms with E-state index < -0.39 is 29.9 Å². The highest BCUT2D eigenvalue weighted by Gasteiger charge is 2.40. The third kappa shape index (κ3) is 3.56. The summed E-state index contributed by atoms with van der Waals surface area (Å²) in [5.41, 5.74) is 10.3. The molecule has 1 aromatic heterocycles. The van der Waals surface area contributed by atoms with Gasteiger partial charge in [0.15, 0.2) is 0 Å². The van der Waals surface area contributed by atoms with Gasteiger partial charge in [0.05, 0.1) is 18.2 Å². The molecule has 1 N–H and O–H groups in total. The molecular formula is C22H25N5O3. The van der Waals surface area contributed by atoms with Crippen LogP contribution in [0, 0.1) is 0 Å². The molecule has 2 heterocycles. The van der Waals surface area contributed by atoms with Crippen LogP contribution in [-0.4, -0.2) is 51.5 Å². The number of aromatic nitrogens is 1. The number of hydrogen-bond donors (Lipinski definition) is 1. The number of carbonyl (C=O) groups excluding carboxylic acids is 1. The van der Waals surface area contributed by atoms with Crippen molar-refractivity contribution in [1.82, 2.24) is 9.47 Å². The van der Waals surface area contributed by atoms with Crippen molar-refractivity contribution >= 4 is 27.9 Å². The second kappa shape index (κ2) is 7.55. The minimum Gasteiger partial charge on any atom is -0.444 e. The summed E-state index contributed by atoms with van der Waals surface area (Å²) >= 11 is 0. The largest absolute Gasteiger partial charge is 0.444 e. The molecule has 0 spiro atoms. The summed E-state index contributed by atoms with van der Waals surface area (Å²) in [5, 5.41) is 17.0. The summed E-state index contributed by atoms with van der Waals surface area (Å²) in [5.74, 6) is 0. The minimum atomic E-state index is -0.946. The van der Waals surface area contributed by atoms with Gasteiger partial charge in [-0.15, -0.1) is 0 Å². The topological polar surface area (TPSA) is 103 Å². The van der Waals surface area contributed by atoms with Gasteiger partial charge in [0.25, 0.3) is 0 Å². The van der Waals surface area contributed by atoms with Crippen LogP contribution in [0.15, 0.2) is 53.6 Å². The first kappa shape index (κ1) is 20.1. The molecule has 8 heteroatoms. The summed E-state index contributed by atoms with van der Waals surface area (Å²) < 4.78 is 7.59. The van der Waals surface area contributed by atoms with Crippen molar-refractivity contribution in [2.75, 3.05) is 13.1 Å². The van der Waals surface area contributed by atoms with Crippen LogP contribution in [0.3, 0.4) is 0 Å². The summed E-state index contributed by atoms with van der Waals surface area (Å²) in [4.78, 5) is 17.2. The zero-order valence-corrected chi connectivity index (χ0v) is 17.3. The molecule has 1 aliphatic rings. The molecule has 1 saturated heterocycles. The third-order valence-electron chi connectivity index (χ3n) is 5.40. The predicted octanol–water partition coefficient (Wildman–Crippen LogP) is 4.63. The van der Waals surface area contributed by atoms with Gasteiger partial charge < -0.3 is 19.3 Å². The van der Waals surface area contributed by atoms with Crippen molar-refractivity contribution in [1.29, 1.82) is 0 Å². The fourth-order valence-corrected chi connectivity index (χ4v) is 4.19. The van der Waals surface area contributed by atoms with Crippen molar-refractivity contribution in [2.45, 2.75) is 44.6 Å². The number of benzene rings is 2. The predicted molar refractivity (Wildman–Crippen MR) is 115 cm³/mol. The Morgan fingerprint density at radius 3 is 2.20 bits per heavy atom. The normalized spacial score (nSPS) is 22.1. The number of likely N-dealkylation sites (tertiary alicyclic amines) is 1. The maximum Gasteiger partial charge on any atom is 0.410 e. The number of aliphatic hydroxyl groups is 1. The summed E-state index contributed by atoms with van der Waals surface area (Å²) in [6, 6.07) is 14.7. The molecular weight excluding hydrogens is 382 g/mol. The van der Waals surface area contributed by atoms with E-state index in [1.807, 2.05) is 53.1 Å².